The second-order valence-electron chi connectivity index (χ2n) is 6.22. The van der Waals surface area contributed by atoms with Gasteiger partial charge in [0.05, 0.1) is 4.88 Å². The third-order valence-corrected chi connectivity index (χ3v) is 5.59. The fraction of sp³-hybridized carbons (Fsp3) is 0.389. The van der Waals surface area contributed by atoms with Crippen LogP contribution in [0.1, 0.15) is 33.5 Å². The van der Waals surface area contributed by atoms with Gasteiger partial charge in [-0.3, -0.25) is 4.79 Å². The molecule has 0 fully saturated rings. The van der Waals surface area contributed by atoms with Gasteiger partial charge in [-0.1, -0.05) is 6.92 Å². The number of fused-ring (bicyclic) bond motifs is 2. The van der Waals surface area contributed by atoms with Crippen LogP contribution in [0.15, 0.2) is 24.3 Å². The van der Waals surface area contributed by atoms with Crippen molar-refractivity contribution in [3.05, 3.63) is 39.6 Å². The maximum atomic E-state index is 12.5. The van der Waals surface area contributed by atoms with Gasteiger partial charge in [-0.15, -0.1) is 11.3 Å². The molecule has 1 atom stereocenters. The topological polar surface area (TPSA) is 47.6 Å². The van der Waals surface area contributed by atoms with E-state index in [0.717, 1.165) is 29.2 Å². The van der Waals surface area contributed by atoms with Crippen molar-refractivity contribution < 1.29 is 14.3 Å². The van der Waals surface area contributed by atoms with Crippen LogP contribution in [0.25, 0.3) is 0 Å². The average molecular weight is 329 g/mol. The van der Waals surface area contributed by atoms with Gasteiger partial charge in [0.2, 0.25) is 0 Å². The standard InChI is InChI=1S/C18H19NO3S/c1-11-2-5-16-12(8-11)9-17(23-16)18(20)19-13-3-4-14-15(10-13)22-7-6-21-14/h3-4,9-11H,2,5-8H2,1H3,(H,19,20). The molecule has 1 aliphatic heterocycles. The summed E-state index contributed by atoms with van der Waals surface area (Å²) in [7, 11) is 0. The zero-order valence-corrected chi connectivity index (χ0v) is 13.9. The molecule has 0 saturated heterocycles. The Morgan fingerprint density at radius 2 is 2.04 bits per heavy atom. The summed E-state index contributed by atoms with van der Waals surface area (Å²) in [6.07, 6.45) is 3.40. The number of hydrogen-bond donors (Lipinski definition) is 1. The van der Waals surface area contributed by atoms with Gasteiger partial charge < -0.3 is 14.8 Å². The lowest BCUT2D eigenvalue weighted by Gasteiger charge is -2.18. The number of carbonyl (C=O) groups is 1. The second kappa shape index (κ2) is 5.89. The van der Waals surface area contributed by atoms with Crippen molar-refractivity contribution in [3.8, 4) is 11.5 Å². The van der Waals surface area contributed by atoms with E-state index in [4.69, 9.17) is 9.47 Å². The first-order valence-electron chi connectivity index (χ1n) is 8.01. The molecule has 1 N–H and O–H groups in total. The molecule has 5 heteroatoms. The van der Waals surface area contributed by atoms with E-state index in [1.54, 1.807) is 11.3 Å². The Morgan fingerprint density at radius 3 is 2.91 bits per heavy atom. The second-order valence-corrected chi connectivity index (χ2v) is 7.36. The van der Waals surface area contributed by atoms with Gasteiger partial charge in [0.1, 0.15) is 13.2 Å². The summed E-state index contributed by atoms with van der Waals surface area (Å²) < 4.78 is 11.1. The molecule has 0 bridgehead atoms. The number of rotatable bonds is 2. The van der Waals surface area contributed by atoms with Crippen LogP contribution in [0.2, 0.25) is 0 Å². The first kappa shape index (κ1) is 14.6. The fourth-order valence-corrected chi connectivity index (χ4v) is 4.24. The van der Waals surface area contributed by atoms with Crippen LogP contribution in [-0.4, -0.2) is 19.1 Å². The van der Waals surface area contributed by atoms with Gasteiger partial charge >= 0.3 is 0 Å². The highest BCUT2D eigenvalue weighted by molar-refractivity contribution is 7.14. The third kappa shape index (κ3) is 2.93. The largest absolute Gasteiger partial charge is 0.486 e. The van der Waals surface area contributed by atoms with Gasteiger partial charge in [-0.05, 0) is 48.9 Å². The molecule has 2 heterocycles. The van der Waals surface area contributed by atoms with E-state index >= 15 is 0 Å². The minimum absolute atomic E-state index is 0.0475. The SMILES string of the molecule is CC1CCc2sc(C(=O)Nc3ccc4c(c3)OCCO4)cc2C1. The molecule has 0 radical (unpaired) electrons. The van der Waals surface area contributed by atoms with Crippen molar-refractivity contribution in [1.29, 1.82) is 0 Å². The van der Waals surface area contributed by atoms with E-state index in [1.807, 2.05) is 18.2 Å². The molecular formula is C18H19NO3S. The summed E-state index contributed by atoms with van der Waals surface area (Å²) in [5.41, 5.74) is 2.08. The minimum Gasteiger partial charge on any atom is -0.486 e. The fourth-order valence-electron chi connectivity index (χ4n) is 3.13. The van der Waals surface area contributed by atoms with Crippen molar-refractivity contribution in [2.75, 3.05) is 18.5 Å². The van der Waals surface area contributed by atoms with Crippen molar-refractivity contribution in [3.63, 3.8) is 0 Å². The Balaban J connectivity index is 1.52. The maximum absolute atomic E-state index is 12.5. The molecule has 4 nitrogen and oxygen atoms in total. The zero-order chi connectivity index (χ0) is 15.8. The molecule has 0 saturated carbocycles. The molecule has 1 aromatic heterocycles. The van der Waals surface area contributed by atoms with E-state index in [0.29, 0.717) is 24.9 Å². The number of benzene rings is 1. The molecule has 23 heavy (non-hydrogen) atoms. The van der Waals surface area contributed by atoms with E-state index < -0.39 is 0 Å². The first-order valence-corrected chi connectivity index (χ1v) is 8.83. The van der Waals surface area contributed by atoms with Gasteiger partial charge in [0.15, 0.2) is 11.5 Å². The number of carbonyl (C=O) groups excluding carboxylic acids is 1. The smallest absolute Gasteiger partial charge is 0.265 e. The summed E-state index contributed by atoms with van der Waals surface area (Å²) >= 11 is 1.63. The zero-order valence-electron chi connectivity index (χ0n) is 13.1. The van der Waals surface area contributed by atoms with Crippen LogP contribution in [-0.2, 0) is 12.8 Å². The first-order chi connectivity index (χ1) is 11.2. The lowest BCUT2D eigenvalue weighted by molar-refractivity contribution is 0.103. The van der Waals surface area contributed by atoms with Crippen LogP contribution < -0.4 is 14.8 Å². The van der Waals surface area contributed by atoms with Crippen molar-refractivity contribution in [2.45, 2.75) is 26.2 Å². The molecule has 2 aliphatic rings. The van der Waals surface area contributed by atoms with Gasteiger partial charge in [-0.2, -0.15) is 0 Å². The highest BCUT2D eigenvalue weighted by Gasteiger charge is 2.21. The van der Waals surface area contributed by atoms with Crippen molar-refractivity contribution in [2.24, 2.45) is 5.92 Å². The summed E-state index contributed by atoms with van der Waals surface area (Å²) in [4.78, 5) is 14.7. The monoisotopic (exact) mass is 329 g/mol. The highest BCUT2D eigenvalue weighted by Crippen LogP contribution is 2.34. The van der Waals surface area contributed by atoms with E-state index in [1.165, 1.54) is 16.9 Å². The van der Waals surface area contributed by atoms with E-state index in [9.17, 15) is 4.79 Å². The Morgan fingerprint density at radius 1 is 1.22 bits per heavy atom. The minimum atomic E-state index is -0.0475. The number of ether oxygens (including phenoxy) is 2. The molecule has 120 valence electrons. The van der Waals surface area contributed by atoms with Crippen LogP contribution in [0.4, 0.5) is 5.69 Å². The lowest BCUT2D eigenvalue weighted by atomic mass is 9.90. The molecule has 0 spiro atoms. The molecule has 1 unspecified atom stereocenters. The molecule has 2 aromatic rings. The van der Waals surface area contributed by atoms with Crippen LogP contribution in [0.5, 0.6) is 11.5 Å². The number of anilines is 1. The van der Waals surface area contributed by atoms with Gasteiger partial charge in [0, 0.05) is 16.6 Å². The maximum Gasteiger partial charge on any atom is 0.265 e. The van der Waals surface area contributed by atoms with Gasteiger partial charge in [0.25, 0.3) is 5.91 Å². The molecular weight excluding hydrogens is 310 g/mol. The number of nitrogens with one attached hydrogen (secondary N) is 1. The van der Waals surface area contributed by atoms with E-state index in [2.05, 4.69) is 18.3 Å². The Kier molecular flexibility index (Phi) is 3.73. The summed E-state index contributed by atoms with van der Waals surface area (Å²) in [5, 5.41) is 2.96. The summed E-state index contributed by atoms with van der Waals surface area (Å²) in [6, 6.07) is 7.57. The predicted molar refractivity (Wildman–Crippen MR) is 90.9 cm³/mol. The number of aryl methyl sites for hydroxylation is 1. The van der Waals surface area contributed by atoms with Crippen LogP contribution in [0, 0.1) is 5.92 Å². The lowest BCUT2D eigenvalue weighted by Crippen LogP contribution is -2.16. The summed E-state index contributed by atoms with van der Waals surface area (Å²) in [6.45, 7) is 3.38. The molecule has 1 amide bonds. The summed E-state index contributed by atoms with van der Waals surface area (Å²) in [5.74, 6) is 2.09. The predicted octanol–water partition coefficient (Wildman–Crippen LogP) is 3.90. The Bertz CT molecular complexity index is 753. The Labute approximate surface area is 139 Å². The van der Waals surface area contributed by atoms with Crippen LogP contribution in [0.3, 0.4) is 0 Å². The number of thiophene rings is 1. The molecule has 1 aromatic carbocycles. The van der Waals surface area contributed by atoms with Crippen molar-refractivity contribution in [1.82, 2.24) is 0 Å². The molecule has 1 aliphatic carbocycles. The molecule has 4 rings (SSSR count). The highest BCUT2D eigenvalue weighted by atomic mass is 32.1. The normalized spacial score (nSPS) is 19.1. The third-order valence-electron chi connectivity index (χ3n) is 4.35. The van der Waals surface area contributed by atoms with Crippen LogP contribution >= 0.6 is 11.3 Å². The average Bonchev–Trinajstić information content (AvgIpc) is 2.98. The van der Waals surface area contributed by atoms with E-state index in [-0.39, 0.29) is 5.91 Å². The van der Waals surface area contributed by atoms with Crippen molar-refractivity contribution >= 4 is 22.9 Å². The Hall–Kier alpha value is -2.01. The number of hydrogen-bond acceptors (Lipinski definition) is 4. The number of amides is 1. The quantitative estimate of drug-likeness (QED) is 0.909. The van der Waals surface area contributed by atoms with Gasteiger partial charge in [-0.25, -0.2) is 0 Å².